The van der Waals surface area contributed by atoms with E-state index in [9.17, 15) is 4.79 Å². The van der Waals surface area contributed by atoms with E-state index < -0.39 is 0 Å². The third-order valence-electron chi connectivity index (χ3n) is 6.37. The van der Waals surface area contributed by atoms with Crippen molar-refractivity contribution in [3.63, 3.8) is 0 Å². The van der Waals surface area contributed by atoms with Gasteiger partial charge in [0, 0.05) is 43.0 Å². The number of hydrogen-bond acceptors (Lipinski definition) is 5. The second-order valence-electron chi connectivity index (χ2n) is 8.73. The summed E-state index contributed by atoms with van der Waals surface area (Å²) in [6.45, 7) is 4.94. The number of hydrogen-bond donors (Lipinski definition) is 0. The van der Waals surface area contributed by atoms with Crippen molar-refractivity contribution in [1.82, 2.24) is 9.88 Å². The average Bonchev–Trinajstić information content (AvgIpc) is 3.26. The zero-order chi connectivity index (χ0) is 24.2. The van der Waals surface area contributed by atoms with Gasteiger partial charge in [-0.2, -0.15) is 5.26 Å². The number of nitrogens with zero attached hydrogens (tertiary/aromatic N) is 4. The molecule has 5 rings (SSSR count). The van der Waals surface area contributed by atoms with Gasteiger partial charge in [0.25, 0.3) is 5.91 Å². The van der Waals surface area contributed by atoms with E-state index in [4.69, 9.17) is 9.68 Å². The van der Waals surface area contributed by atoms with E-state index in [-0.39, 0.29) is 5.91 Å². The van der Waals surface area contributed by atoms with Crippen molar-refractivity contribution < 1.29 is 9.21 Å². The van der Waals surface area contributed by atoms with Crippen molar-refractivity contribution in [3.05, 3.63) is 95.7 Å². The number of amides is 1. The van der Waals surface area contributed by atoms with Crippen molar-refractivity contribution >= 4 is 11.6 Å². The summed E-state index contributed by atoms with van der Waals surface area (Å²) in [6, 6.07) is 25.4. The predicted molar refractivity (Wildman–Crippen MR) is 136 cm³/mol. The van der Waals surface area contributed by atoms with Crippen molar-refractivity contribution in [2.75, 3.05) is 31.1 Å². The number of aryl methyl sites for hydroxylation is 1. The van der Waals surface area contributed by atoms with Crippen LogP contribution in [0.1, 0.15) is 27.9 Å². The molecule has 1 aliphatic rings. The van der Waals surface area contributed by atoms with Crippen molar-refractivity contribution in [2.45, 2.75) is 13.3 Å². The van der Waals surface area contributed by atoms with Gasteiger partial charge in [-0.05, 0) is 49.7 Å². The van der Waals surface area contributed by atoms with Gasteiger partial charge in [-0.3, -0.25) is 4.79 Å². The van der Waals surface area contributed by atoms with Crippen LogP contribution in [0, 0.1) is 18.3 Å². The number of carbonyl (C=O) groups is 1. The smallest absolute Gasteiger partial charge is 0.254 e. The highest BCUT2D eigenvalue weighted by Crippen LogP contribution is 2.29. The van der Waals surface area contributed by atoms with Crippen LogP contribution in [0.3, 0.4) is 0 Å². The molecule has 0 unspecified atom stereocenters. The van der Waals surface area contributed by atoms with E-state index in [2.05, 4.69) is 16.0 Å². The Bertz CT molecular complexity index is 1370. The third-order valence-corrected chi connectivity index (χ3v) is 6.37. The van der Waals surface area contributed by atoms with Crippen molar-refractivity contribution in [1.29, 1.82) is 5.26 Å². The van der Waals surface area contributed by atoms with Gasteiger partial charge >= 0.3 is 0 Å². The molecule has 1 amide bonds. The van der Waals surface area contributed by atoms with Crippen LogP contribution in [0.4, 0.5) is 5.69 Å². The molecular weight excluding hydrogens is 436 g/mol. The van der Waals surface area contributed by atoms with Crippen LogP contribution in [0.25, 0.3) is 22.8 Å². The maximum Gasteiger partial charge on any atom is 0.254 e. The minimum absolute atomic E-state index is 0.0163. The lowest BCUT2D eigenvalue weighted by Crippen LogP contribution is -2.35. The molecule has 6 heteroatoms. The Kier molecular flexibility index (Phi) is 6.32. The van der Waals surface area contributed by atoms with Crippen LogP contribution in [0.15, 0.2) is 83.4 Å². The molecule has 6 nitrogen and oxygen atoms in total. The van der Waals surface area contributed by atoms with E-state index in [0.717, 1.165) is 30.8 Å². The molecule has 3 aromatic carbocycles. The Morgan fingerprint density at radius 3 is 2.49 bits per heavy atom. The number of oxazole rings is 1. The third kappa shape index (κ3) is 4.80. The van der Waals surface area contributed by atoms with Crippen LogP contribution >= 0.6 is 0 Å². The van der Waals surface area contributed by atoms with Gasteiger partial charge < -0.3 is 14.2 Å². The minimum atomic E-state index is -0.0163. The summed E-state index contributed by atoms with van der Waals surface area (Å²) >= 11 is 0. The molecule has 1 aromatic heterocycles. The van der Waals surface area contributed by atoms with Crippen LogP contribution in [-0.2, 0) is 0 Å². The SMILES string of the molecule is Cc1ccc(-c2cnc(-c3ccccc3C(=O)N3CCCN(c4ccc(C#N)cc4)CC3)o2)cc1. The molecular formula is C29H26N4O2. The molecule has 0 saturated carbocycles. The fraction of sp³-hybridized carbons (Fsp3) is 0.207. The maximum atomic E-state index is 13.6. The fourth-order valence-corrected chi connectivity index (χ4v) is 4.40. The highest BCUT2D eigenvalue weighted by molar-refractivity contribution is 6.00. The van der Waals surface area contributed by atoms with Crippen LogP contribution < -0.4 is 4.90 Å². The number of anilines is 1. The quantitative estimate of drug-likeness (QED) is 0.398. The Morgan fingerprint density at radius 1 is 0.943 bits per heavy atom. The second-order valence-corrected chi connectivity index (χ2v) is 8.73. The van der Waals surface area contributed by atoms with E-state index in [1.54, 1.807) is 6.20 Å². The lowest BCUT2D eigenvalue weighted by atomic mass is 10.1. The standard InChI is InChI=1S/C29H26N4O2/c1-21-7-11-23(12-8-21)27-20-31-28(35-27)25-5-2-3-6-26(25)29(34)33-16-4-15-32(17-18-33)24-13-9-22(19-30)10-14-24/h2-3,5-14,20H,4,15-18H2,1H3. The Balaban J connectivity index is 1.34. The summed E-state index contributed by atoms with van der Waals surface area (Å²) < 4.78 is 6.08. The Hall–Kier alpha value is -4.37. The molecule has 1 saturated heterocycles. The molecule has 0 radical (unpaired) electrons. The van der Waals surface area contributed by atoms with E-state index >= 15 is 0 Å². The highest BCUT2D eigenvalue weighted by atomic mass is 16.4. The molecule has 1 fully saturated rings. The average molecular weight is 463 g/mol. The molecule has 2 heterocycles. The first kappa shape index (κ1) is 22.4. The Morgan fingerprint density at radius 2 is 1.71 bits per heavy atom. The van der Waals surface area contributed by atoms with Gasteiger partial charge in [-0.1, -0.05) is 42.0 Å². The van der Waals surface area contributed by atoms with Crippen LogP contribution in [-0.4, -0.2) is 42.0 Å². The zero-order valence-corrected chi connectivity index (χ0v) is 19.6. The molecule has 1 aliphatic heterocycles. The zero-order valence-electron chi connectivity index (χ0n) is 19.6. The first-order valence-corrected chi connectivity index (χ1v) is 11.8. The van der Waals surface area contributed by atoms with E-state index in [0.29, 0.717) is 41.4 Å². The highest BCUT2D eigenvalue weighted by Gasteiger charge is 2.24. The van der Waals surface area contributed by atoms with Crippen molar-refractivity contribution in [3.8, 4) is 28.8 Å². The summed E-state index contributed by atoms with van der Waals surface area (Å²) in [6.07, 6.45) is 2.58. The molecule has 35 heavy (non-hydrogen) atoms. The second kappa shape index (κ2) is 9.86. The molecule has 0 N–H and O–H groups in total. The Labute approximate surface area is 205 Å². The predicted octanol–water partition coefficient (Wildman–Crippen LogP) is 5.54. The first-order chi connectivity index (χ1) is 17.1. The number of nitriles is 1. The number of rotatable bonds is 4. The van der Waals surface area contributed by atoms with Gasteiger partial charge in [0.2, 0.25) is 5.89 Å². The summed E-state index contributed by atoms with van der Waals surface area (Å²) in [7, 11) is 0. The van der Waals surface area contributed by atoms with Crippen LogP contribution in [0.2, 0.25) is 0 Å². The molecule has 174 valence electrons. The molecule has 4 aromatic rings. The molecule has 0 atom stereocenters. The summed E-state index contributed by atoms with van der Waals surface area (Å²) in [5.74, 6) is 1.10. The van der Waals surface area contributed by atoms with Gasteiger partial charge in [0.05, 0.1) is 23.4 Å². The molecule has 0 spiro atoms. The minimum Gasteiger partial charge on any atom is -0.436 e. The molecule has 0 aliphatic carbocycles. The van der Waals surface area contributed by atoms with Gasteiger partial charge in [-0.25, -0.2) is 4.98 Å². The van der Waals surface area contributed by atoms with E-state index in [1.165, 1.54) is 5.56 Å². The lowest BCUT2D eigenvalue weighted by Gasteiger charge is -2.24. The van der Waals surface area contributed by atoms with E-state index in [1.807, 2.05) is 84.6 Å². The summed E-state index contributed by atoms with van der Waals surface area (Å²) in [5, 5.41) is 9.04. The van der Waals surface area contributed by atoms with Crippen molar-refractivity contribution in [2.24, 2.45) is 0 Å². The summed E-state index contributed by atoms with van der Waals surface area (Å²) in [4.78, 5) is 22.3. The first-order valence-electron chi connectivity index (χ1n) is 11.8. The lowest BCUT2D eigenvalue weighted by molar-refractivity contribution is 0.0767. The number of aromatic nitrogens is 1. The van der Waals surface area contributed by atoms with Gasteiger partial charge in [0.15, 0.2) is 5.76 Å². The number of carbonyl (C=O) groups excluding carboxylic acids is 1. The van der Waals surface area contributed by atoms with Crippen LogP contribution in [0.5, 0.6) is 0 Å². The molecule has 0 bridgehead atoms. The number of benzene rings is 3. The normalized spacial score (nSPS) is 13.8. The monoisotopic (exact) mass is 462 g/mol. The largest absolute Gasteiger partial charge is 0.436 e. The topological polar surface area (TPSA) is 73.4 Å². The fourth-order valence-electron chi connectivity index (χ4n) is 4.40. The van der Waals surface area contributed by atoms with Gasteiger partial charge in [0.1, 0.15) is 0 Å². The maximum absolute atomic E-state index is 13.6. The summed E-state index contributed by atoms with van der Waals surface area (Å²) in [5.41, 5.74) is 5.14. The van der Waals surface area contributed by atoms with Gasteiger partial charge in [-0.15, -0.1) is 0 Å².